The second kappa shape index (κ2) is 7.42. The molecule has 0 radical (unpaired) electrons. The van der Waals surface area contributed by atoms with Gasteiger partial charge in [0.2, 0.25) is 0 Å². The second-order valence-corrected chi connectivity index (χ2v) is 7.05. The Labute approximate surface area is 129 Å². The normalized spacial score (nSPS) is 22.3. The van der Waals surface area contributed by atoms with E-state index in [1.165, 1.54) is 63.8 Å². The second-order valence-electron chi connectivity index (χ2n) is 7.05. The molecule has 0 spiro atoms. The van der Waals surface area contributed by atoms with E-state index in [2.05, 4.69) is 47.5 Å². The van der Waals surface area contributed by atoms with Gasteiger partial charge in [0.05, 0.1) is 0 Å². The van der Waals surface area contributed by atoms with Crippen molar-refractivity contribution in [3.05, 3.63) is 35.9 Å². The molecule has 1 aliphatic heterocycles. The summed E-state index contributed by atoms with van der Waals surface area (Å²) < 4.78 is 0. The summed E-state index contributed by atoms with van der Waals surface area (Å²) in [5, 5.41) is 3.70. The van der Waals surface area contributed by atoms with E-state index < -0.39 is 0 Å². The first-order valence-electron chi connectivity index (χ1n) is 8.81. The van der Waals surface area contributed by atoms with Gasteiger partial charge in [-0.2, -0.15) is 0 Å². The average Bonchev–Trinajstić information content (AvgIpc) is 3.35. The van der Waals surface area contributed by atoms with Gasteiger partial charge < -0.3 is 10.2 Å². The first-order chi connectivity index (χ1) is 10.3. The van der Waals surface area contributed by atoms with E-state index in [1.807, 2.05) is 0 Å². The summed E-state index contributed by atoms with van der Waals surface area (Å²) in [4.78, 5) is 2.65. The monoisotopic (exact) mass is 286 g/mol. The van der Waals surface area contributed by atoms with Crippen molar-refractivity contribution in [1.29, 1.82) is 0 Å². The minimum Gasteiger partial charge on any atom is -0.313 e. The first kappa shape index (κ1) is 15.1. The average molecular weight is 286 g/mol. The lowest BCUT2D eigenvalue weighted by Gasteiger charge is -2.32. The van der Waals surface area contributed by atoms with E-state index in [1.54, 1.807) is 0 Å². The Balaban J connectivity index is 1.31. The molecule has 1 atom stereocenters. The lowest BCUT2D eigenvalue weighted by Crippen LogP contribution is -2.40. The summed E-state index contributed by atoms with van der Waals surface area (Å²) >= 11 is 0. The zero-order valence-corrected chi connectivity index (χ0v) is 13.4. The molecule has 0 amide bonds. The third-order valence-electron chi connectivity index (χ3n) is 5.30. The minimum atomic E-state index is 0.737. The van der Waals surface area contributed by atoms with Crippen molar-refractivity contribution in [1.82, 2.24) is 10.2 Å². The van der Waals surface area contributed by atoms with Crippen LogP contribution in [0.15, 0.2) is 30.3 Å². The lowest BCUT2D eigenvalue weighted by atomic mass is 9.90. The Bertz CT molecular complexity index is 405. The Morgan fingerprint density at radius 2 is 1.81 bits per heavy atom. The number of hydrogen-bond acceptors (Lipinski definition) is 2. The number of piperidine rings is 1. The fourth-order valence-electron chi connectivity index (χ4n) is 3.57. The zero-order valence-electron chi connectivity index (χ0n) is 13.4. The van der Waals surface area contributed by atoms with Gasteiger partial charge >= 0.3 is 0 Å². The van der Waals surface area contributed by atoms with E-state index in [-0.39, 0.29) is 0 Å². The number of nitrogens with zero attached hydrogens (tertiary/aromatic N) is 1. The fraction of sp³-hybridized carbons (Fsp3) is 0.684. The molecule has 1 saturated heterocycles. The summed E-state index contributed by atoms with van der Waals surface area (Å²) in [5.74, 6) is 1.86. The van der Waals surface area contributed by atoms with E-state index in [4.69, 9.17) is 0 Å². The number of rotatable bonds is 7. The molecule has 3 rings (SSSR count). The maximum Gasteiger partial charge on any atom is 0.0107 e. The molecule has 1 unspecified atom stereocenters. The number of nitrogens with one attached hydrogen (secondary N) is 1. The molecule has 1 aliphatic carbocycles. The molecule has 21 heavy (non-hydrogen) atoms. The van der Waals surface area contributed by atoms with Crippen LogP contribution in [0.25, 0.3) is 0 Å². The molecule has 1 heterocycles. The van der Waals surface area contributed by atoms with Crippen LogP contribution >= 0.6 is 0 Å². The molecule has 0 bridgehead atoms. The molecule has 1 aromatic rings. The van der Waals surface area contributed by atoms with Gasteiger partial charge in [0.25, 0.3) is 0 Å². The van der Waals surface area contributed by atoms with Crippen LogP contribution in [0.5, 0.6) is 0 Å². The van der Waals surface area contributed by atoms with Gasteiger partial charge in [-0.3, -0.25) is 0 Å². The van der Waals surface area contributed by atoms with Crippen LogP contribution in [0, 0.1) is 11.8 Å². The standard InChI is InChI=1S/C19H30N2/c1-16(19-7-8-19)20-11-14-21-12-9-18(10-13-21)15-17-5-3-2-4-6-17/h2-6,16,18-20H,7-15H2,1H3. The smallest absolute Gasteiger partial charge is 0.0107 e. The topological polar surface area (TPSA) is 15.3 Å². The van der Waals surface area contributed by atoms with Crippen LogP contribution in [-0.2, 0) is 6.42 Å². The molecule has 2 nitrogen and oxygen atoms in total. The Hall–Kier alpha value is -0.860. The molecular weight excluding hydrogens is 256 g/mol. The van der Waals surface area contributed by atoms with Crippen LogP contribution in [0.4, 0.5) is 0 Å². The van der Waals surface area contributed by atoms with E-state index >= 15 is 0 Å². The molecule has 2 aliphatic rings. The Morgan fingerprint density at radius 1 is 1.10 bits per heavy atom. The molecule has 1 N–H and O–H groups in total. The summed E-state index contributed by atoms with van der Waals surface area (Å²) in [6.07, 6.45) is 6.89. The van der Waals surface area contributed by atoms with Crippen LogP contribution in [0.2, 0.25) is 0 Å². The highest BCUT2D eigenvalue weighted by Gasteiger charge is 2.27. The van der Waals surface area contributed by atoms with Crippen molar-refractivity contribution in [2.45, 2.75) is 45.1 Å². The van der Waals surface area contributed by atoms with Crippen molar-refractivity contribution >= 4 is 0 Å². The molecular formula is C19H30N2. The fourth-order valence-corrected chi connectivity index (χ4v) is 3.57. The van der Waals surface area contributed by atoms with E-state index in [0.717, 1.165) is 17.9 Å². The van der Waals surface area contributed by atoms with Gasteiger partial charge in [-0.25, -0.2) is 0 Å². The van der Waals surface area contributed by atoms with E-state index in [9.17, 15) is 0 Å². The third kappa shape index (κ3) is 4.82. The van der Waals surface area contributed by atoms with Crippen molar-refractivity contribution in [2.75, 3.05) is 26.2 Å². The number of likely N-dealkylation sites (tertiary alicyclic amines) is 1. The SMILES string of the molecule is CC(NCCN1CCC(Cc2ccccc2)CC1)C1CC1. The molecule has 1 saturated carbocycles. The van der Waals surface area contributed by atoms with Crippen molar-refractivity contribution in [3.63, 3.8) is 0 Å². The molecule has 0 aromatic heterocycles. The third-order valence-corrected chi connectivity index (χ3v) is 5.30. The van der Waals surface area contributed by atoms with E-state index in [0.29, 0.717) is 0 Å². The summed E-state index contributed by atoms with van der Waals surface area (Å²) in [6.45, 7) is 7.33. The van der Waals surface area contributed by atoms with Crippen LogP contribution < -0.4 is 5.32 Å². The highest BCUT2D eigenvalue weighted by atomic mass is 15.1. The van der Waals surface area contributed by atoms with Crippen molar-refractivity contribution < 1.29 is 0 Å². The van der Waals surface area contributed by atoms with Crippen LogP contribution in [0.1, 0.15) is 38.2 Å². The van der Waals surface area contributed by atoms with Gasteiger partial charge in [0.15, 0.2) is 0 Å². The predicted molar refractivity (Wildman–Crippen MR) is 89.5 cm³/mol. The minimum absolute atomic E-state index is 0.737. The number of hydrogen-bond donors (Lipinski definition) is 1. The van der Waals surface area contributed by atoms with Crippen LogP contribution in [0.3, 0.4) is 0 Å². The zero-order chi connectivity index (χ0) is 14.5. The van der Waals surface area contributed by atoms with Gasteiger partial charge in [0, 0.05) is 19.1 Å². The summed E-state index contributed by atoms with van der Waals surface area (Å²) in [5.41, 5.74) is 1.51. The summed E-state index contributed by atoms with van der Waals surface area (Å²) in [7, 11) is 0. The highest BCUT2D eigenvalue weighted by Crippen LogP contribution is 2.32. The molecule has 1 aromatic carbocycles. The largest absolute Gasteiger partial charge is 0.313 e. The lowest BCUT2D eigenvalue weighted by molar-refractivity contribution is 0.182. The predicted octanol–water partition coefficient (Wildman–Crippen LogP) is 3.33. The molecule has 2 fully saturated rings. The summed E-state index contributed by atoms with van der Waals surface area (Å²) in [6, 6.07) is 11.7. The van der Waals surface area contributed by atoms with Crippen molar-refractivity contribution in [2.24, 2.45) is 11.8 Å². The van der Waals surface area contributed by atoms with Crippen LogP contribution in [-0.4, -0.2) is 37.1 Å². The van der Waals surface area contributed by atoms with Gasteiger partial charge in [-0.1, -0.05) is 30.3 Å². The van der Waals surface area contributed by atoms with Gasteiger partial charge in [-0.05, 0) is 69.5 Å². The van der Waals surface area contributed by atoms with Gasteiger partial charge in [0.1, 0.15) is 0 Å². The molecule has 2 heteroatoms. The Morgan fingerprint density at radius 3 is 2.48 bits per heavy atom. The maximum atomic E-state index is 3.70. The quantitative estimate of drug-likeness (QED) is 0.827. The number of benzene rings is 1. The van der Waals surface area contributed by atoms with Gasteiger partial charge in [-0.15, -0.1) is 0 Å². The first-order valence-corrected chi connectivity index (χ1v) is 8.81. The highest BCUT2D eigenvalue weighted by molar-refractivity contribution is 5.15. The van der Waals surface area contributed by atoms with Crippen molar-refractivity contribution in [3.8, 4) is 0 Å². The maximum absolute atomic E-state index is 3.70. The Kier molecular flexibility index (Phi) is 5.32. The molecule has 116 valence electrons.